The molecule has 2 unspecified atom stereocenters. The van der Waals surface area contributed by atoms with Crippen LogP contribution in [0, 0.1) is 12.8 Å². The molecule has 110 valence electrons. The van der Waals surface area contributed by atoms with Crippen molar-refractivity contribution in [3.63, 3.8) is 0 Å². The lowest BCUT2D eigenvalue weighted by atomic mass is 10.0. The predicted molar refractivity (Wildman–Crippen MR) is 72.1 cm³/mol. The van der Waals surface area contributed by atoms with E-state index in [1.165, 1.54) is 4.90 Å². The molecule has 2 N–H and O–H groups in total. The van der Waals surface area contributed by atoms with Gasteiger partial charge in [0, 0.05) is 31.9 Å². The molecule has 1 saturated heterocycles. The number of carboxylic acid groups (broad SMARTS) is 1. The maximum Gasteiger partial charge on any atom is 0.326 e. The minimum absolute atomic E-state index is 0.0154. The SMILES string of the molecule is Cc1nn(C)cc1CNC(=O)N1CCC(C)C1C(=O)O. The number of nitrogens with zero attached hydrogens (tertiary/aromatic N) is 3. The number of aryl methyl sites for hydroxylation is 2. The largest absolute Gasteiger partial charge is 0.480 e. The molecule has 1 aliphatic heterocycles. The first-order valence-corrected chi connectivity index (χ1v) is 6.66. The maximum atomic E-state index is 12.1. The molecule has 0 spiro atoms. The number of amides is 2. The number of carbonyl (C=O) groups is 2. The standard InChI is InChI=1S/C13H20N4O3/c1-8-4-5-17(11(8)12(18)19)13(20)14-6-10-7-16(3)15-9(10)2/h7-8,11H,4-6H2,1-3H3,(H,14,20)(H,18,19). The van der Waals surface area contributed by atoms with Crippen LogP contribution in [0.1, 0.15) is 24.6 Å². The van der Waals surface area contributed by atoms with E-state index in [-0.39, 0.29) is 11.9 Å². The number of hydrogen-bond acceptors (Lipinski definition) is 3. The predicted octanol–water partition coefficient (Wildman–Crippen LogP) is 0.733. The number of carbonyl (C=O) groups excluding carboxylic acids is 1. The van der Waals surface area contributed by atoms with Gasteiger partial charge in [-0.15, -0.1) is 0 Å². The highest BCUT2D eigenvalue weighted by atomic mass is 16.4. The fourth-order valence-corrected chi connectivity index (χ4v) is 2.65. The second-order valence-corrected chi connectivity index (χ2v) is 5.31. The summed E-state index contributed by atoms with van der Waals surface area (Å²) in [4.78, 5) is 24.7. The third-order valence-electron chi connectivity index (χ3n) is 3.76. The van der Waals surface area contributed by atoms with Crippen molar-refractivity contribution in [1.29, 1.82) is 0 Å². The van der Waals surface area contributed by atoms with Crippen LogP contribution in [0.5, 0.6) is 0 Å². The van der Waals surface area contributed by atoms with Crippen LogP contribution >= 0.6 is 0 Å². The number of likely N-dealkylation sites (tertiary alicyclic amines) is 1. The number of carboxylic acids is 1. The van der Waals surface area contributed by atoms with Gasteiger partial charge in [0.1, 0.15) is 6.04 Å². The molecule has 2 rings (SSSR count). The normalized spacial score (nSPS) is 22.1. The van der Waals surface area contributed by atoms with Crippen LogP contribution in [0.15, 0.2) is 6.20 Å². The number of rotatable bonds is 3. The van der Waals surface area contributed by atoms with Gasteiger partial charge in [0.15, 0.2) is 0 Å². The smallest absolute Gasteiger partial charge is 0.326 e. The first-order valence-electron chi connectivity index (χ1n) is 6.66. The van der Waals surface area contributed by atoms with Gasteiger partial charge in [0.2, 0.25) is 0 Å². The average molecular weight is 280 g/mol. The molecule has 1 aromatic rings. The Morgan fingerprint density at radius 1 is 1.55 bits per heavy atom. The van der Waals surface area contributed by atoms with Crippen molar-refractivity contribution < 1.29 is 14.7 Å². The lowest BCUT2D eigenvalue weighted by Gasteiger charge is -2.23. The monoisotopic (exact) mass is 280 g/mol. The summed E-state index contributed by atoms with van der Waals surface area (Å²) in [7, 11) is 1.82. The van der Waals surface area contributed by atoms with Crippen molar-refractivity contribution in [3.05, 3.63) is 17.5 Å². The zero-order chi connectivity index (χ0) is 14.9. The van der Waals surface area contributed by atoms with Crippen LogP contribution in [-0.2, 0) is 18.4 Å². The Morgan fingerprint density at radius 2 is 2.25 bits per heavy atom. The summed E-state index contributed by atoms with van der Waals surface area (Å²) in [6, 6.07) is -1.06. The lowest BCUT2D eigenvalue weighted by Crippen LogP contribution is -2.47. The maximum absolute atomic E-state index is 12.1. The topological polar surface area (TPSA) is 87.5 Å². The number of hydrogen-bond donors (Lipinski definition) is 2. The fourth-order valence-electron chi connectivity index (χ4n) is 2.65. The van der Waals surface area contributed by atoms with Gasteiger partial charge in [-0.3, -0.25) is 4.68 Å². The van der Waals surface area contributed by atoms with Gasteiger partial charge < -0.3 is 15.3 Å². The first-order chi connectivity index (χ1) is 9.40. The molecule has 1 aromatic heterocycles. The molecule has 2 heterocycles. The molecule has 0 bridgehead atoms. The molecule has 0 aliphatic carbocycles. The molecule has 2 amide bonds. The van der Waals surface area contributed by atoms with Crippen LogP contribution < -0.4 is 5.32 Å². The third kappa shape index (κ3) is 2.76. The van der Waals surface area contributed by atoms with Crippen LogP contribution in [0.2, 0.25) is 0 Å². The molecular weight excluding hydrogens is 260 g/mol. The Bertz CT molecular complexity index is 526. The number of aliphatic carboxylic acids is 1. The molecule has 20 heavy (non-hydrogen) atoms. The molecule has 2 atom stereocenters. The third-order valence-corrected chi connectivity index (χ3v) is 3.76. The number of aromatic nitrogens is 2. The van der Waals surface area contributed by atoms with Crippen molar-refractivity contribution in [2.75, 3.05) is 6.54 Å². The van der Waals surface area contributed by atoms with Crippen molar-refractivity contribution in [3.8, 4) is 0 Å². The van der Waals surface area contributed by atoms with Crippen LogP contribution in [0.25, 0.3) is 0 Å². The van der Waals surface area contributed by atoms with E-state index >= 15 is 0 Å². The fraction of sp³-hybridized carbons (Fsp3) is 0.615. The summed E-state index contributed by atoms with van der Waals surface area (Å²) < 4.78 is 1.69. The van der Waals surface area contributed by atoms with Crippen molar-refractivity contribution in [1.82, 2.24) is 20.0 Å². The zero-order valence-corrected chi connectivity index (χ0v) is 12.0. The summed E-state index contributed by atoms with van der Waals surface area (Å²) in [5.41, 5.74) is 1.79. The highest BCUT2D eigenvalue weighted by Gasteiger charge is 2.39. The summed E-state index contributed by atoms with van der Waals surface area (Å²) >= 11 is 0. The van der Waals surface area contributed by atoms with Gasteiger partial charge in [-0.25, -0.2) is 9.59 Å². The van der Waals surface area contributed by atoms with Gasteiger partial charge in [0.25, 0.3) is 0 Å². The van der Waals surface area contributed by atoms with E-state index in [0.717, 1.165) is 17.7 Å². The van der Waals surface area contributed by atoms with Gasteiger partial charge in [-0.05, 0) is 19.3 Å². The zero-order valence-electron chi connectivity index (χ0n) is 12.0. The van der Waals surface area contributed by atoms with Crippen LogP contribution in [0.3, 0.4) is 0 Å². The molecule has 1 fully saturated rings. The second kappa shape index (κ2) is 5.52. The van der Waals surface area contributed by atoms with E-state index in [1.54, 1.807) is 4.68 Å². The highest BCUT2D eigenvalue weighted by Crippen LogP contribution is 2.24. The minimum Gasteiger partial charge on any atom is -0.480 e. The van der Waals surface area contributed by atoms with E-state index in [0.29, 0.717) is 13.1 Å². The Morgan fingerprint density at radius 3 is 2.80 bits per heavy atom. The van der Waals surface area contributed by atoms with Crippen LogP contribution in [0.4, 0.5) is 4.79 Å². The Labute approximate surface area is 117 Å². The van der Waals surface area contributed by atoms with E-state index in [2.05, 4.69) is 10.4 Å². The molecule has 0 saturated carbocycles. The van der Waals surface area contributed by atoms with Crippen molar-refractivity contribution >= 4 is 12.0 Å². The lowest BCUT2D eigenvalue weighted by molar-refractivity contribution is -0.142. The summed E-state index contributed by atoms with van der Waals surface area (Å²) in [5, 5.41) is 16.2. The molecule has 0 aromatic carbocycles. The van der Waals surface area contributed by atoms with E-state index in [4.69, 9.17) is 0 Å². The van der Waals surface area contributed by atoms with Crippen molar-refractivity contribution in [2.24, 2.45) is 13.0 Å². The molecule has 0 radical (unpaired) electrons. The Balaban J connectivity index is 1.98. The van der Waals surface area contributed by atoms with E-state index in [1.807, 2.05) is 27.1 Å². The molecule has 1 aliphatic rings. The van der Waals surface area contributed by atoms with Gasteiger partial charge in [0.05, 0.1) is 5.69 Å². The van der Waals surface area contributed by atoms with E-state index < -0.39 is 12.0 Å². The van der Waals surface area contributed by atoms with Gasteiger partial charge in [-0.1, -0.05) is 6.92 Å². The van der Waals surface area contributed by atoms with Crippen LogP contribution in [-0.4, -0.2) is 44.4 Å². The minimum atomic E-state index is -0.942. The summed E-state index contributed by atoms with van der Waals surface area (Å²) in [6.45, 7) is 4.57. The molecule has 7 heteroatoms. The summed E-state index contributed by atoms with van der Waals surface area (Å²) in [5.74, 6) is -0.957. The highest BCUT2D eigenvalue weighted by molar-refractivity contribution is 5.83. The van der Waals surface area contributed by atoms with Gasteiger partial charge >= 0.3 is 12.0 Å². The van der Waals surface area contributed by atoms with Gasteiger partial charge in [-0.2, -0.15) is 5.10 Å². The number of urea groups is 1. The molecular formula is C13H20N4O3. The van der Waals surface area contributed by atoms with E-state index in [9.17, 15) is 14.7 Å². The average Bonchev–Trinajstić information content (AvgIpc) is 2.89. The second-order valence-electron chi connectivity index (χ2n) is 5.31. The molecule has 7 nitrogen and oxygen atoms in total. The number of nitrogens with one attached hydrogen (secondary N) is 1. The first kappa shape index (κ1) is 14.4. The Kier molecular flexibility index (Phi) is 3.96. The summed E-state index contributed by atoms with van der Waals surface area (Å²) in [6.07, 6.45) is 2.56. The van der Waals surface area contributed by atoms with Crippen molar-refractivity contribution in [2.45, 2.75) is 32.9 Å². The Hall–Kier alpha value is -2.05. The quantitative estimate of drug-likeness (QED) is 0.854.